The average molecular weight is 241 g/mol. The van der Waals surface area contributed by atoms with Gasteiger partial charge in [-0.25, -0.2) is 0 Å². The van der Waals surface area contributed by atoms with Gasteiger partial charge in [0.25, 0.3) is 0 Å². The number of nitrogens with one attached hydrogen (secondary N) is 1. The minimum Gasteiger partial charge on any atom is -0.480 e. The van der Waals surface area contributed by atoms with Crippen LogP contribution in [0.5, 0.6) is 0 Å². The second kappa shape index (κ2) is 5.47. The molecule has 0 spiro atoms. The Kier molecular flexibility index (Phi) is 3.75. The van der Waals surface area contributed by atoms with Crippen molar-refractivity contribution in [1.29, 1.82) is 0 Å². The van der Waals surface area contributed by atoms with E-state index in [2.05, 4.69) is 11.9 Å². The summed E-state index contributed by atoms with van der Waals surface area (Å²) in [6.45, 7) is 4.05. The van der Waals surface area contributed by atoms with Crippen LogP contribution in [0.4, 0.5) is 0 Å². The summed E-state index contributed by atoms with van der Waals surface area (Å²) in [5.74, 6) is -0.881. The number of aliphatic carboxylic acids is 1. The summed E-state index contributed by atoms with van der Waals surface area (Å²) in [6.07, 6.45) is 1.65. The molecule has 3 nitrogen and oxygen atoms in total. The fourth-order valence-electron chi connectivity index (χ4n) is 2.03. The van der Waals surface area contributed by atoms with Crippen molar-refractivity contribution in [3.8, 4) is 0 Å². The molecule has 2 rings (SSSR count). The Labute approximate surface area is 106 Å². The molecule has 0 radical (unpaired) electrons. The van der Waals surface area contributed by atoms with Crippen molar-refractivity contribution >= 4 is 16.7 Å². The number of rotatable bonds is 5. The Hall–Kier alpha value is -2.13. The zero-order valence-corrected chi connectivity index (χ0v) is 9.97. The second-order valence-electron chi connectivity index (χ2n) is 4.04. The van der Waals surface area contributed by atoms with Crippen molar-refractivity contribution in [1.82, 2.24) is 5.32 Å². The SMILES string of the molecule is C=CCNC(C(=O)O)c1cccc2ccccc12. The van der Waals surface area contributed by atoms with E-state index < -0.39 is 12.0 Å². The van der Waals surface area contributed by atoms with Gasteiger partial charge in [0.05, 0.1) is 0 Å². The largest absolute Gasteiger partial charge is 0.480 e. The molecular formula is C15H15NO2. The summed E-state index contributed by atoms with van der Waals surface area (Å²) in [7, 11) is 0. The van der Waals surface area contributed by atoms with Crippen LogP contribution in [0.2, 0.25) is 0 Å². The molecule has 0 saturated heterocycles. The fraction of sp³-hybridized carbons (Fsp3) is 0.133. The van der Waals surface area contributed by atoms with Gasteiger partial charge in [0, 0.05) is 6.54 Å². The third-order valence-electron chi connectivity index (χ3n) is 2.85. The van der Waals surface area contributed by atoms with Gasteiger partial charge < -0.3 is 5.11 Å². The lowest BCUT2D eigenvalue weighted by Gasteiger charge is -2.16. The molecule has 0 heterocycles. The molecule has 2 aromatic carbocycles. The molecular weight excluding hydrogens is 226 g/mol. The Morgan fingerprint density at radius 2 is 2.00 bits per heavy atom. The van der Waals surface area contributed by atoms with Crippen LogP contribution in [-0.2, 0) is 4.79 Å². The van der Waals surface area contributed by atoms with Gasteiger partial charge >= 0.3 is 5.97 Å². The predicted octanol–water partition coefficient (Wildman–Crippen LogP) is 2.74. The average Bonchev–Trinajstić information content (AvgIpc) is 2.39. The Balaban J connectivity index is 2.49. The molecule has 0 fully saturated rings. The molecule has 0 aromatic heterocycles. The van der Waals surface area contributed by atoms with Gasteiger partial charge in [-0.05, 0) is 16.3 Å². The molecule has 0 amide bonds. The molecule has 0 aliphatic heterocycles. The van der Waals surface area contributed by atoms with Crippen LogP contribution in [0.25, 0.3) is 10.8 Å². The van der Waals surface area contributed by atoms with Crippen LogP contribution < -0.4 is 5.32 Å². The zero-order valence-electron chi connectivity index (χ0n) is 9.97. The van der Waals surface area contributed by atoms with E-state index in [-0.39, 0.29) is 0 Å². The number of benzene rings is 2. The van der Waals surface area contributed by atoms with Gasteiger partial charge in [-0.2, -0.15) is 0 Å². The Bertz CT molecular complexity index is 572. The van der Waals surface area contributed by atoms with Gasteiger partial charge in [0.15, 0.2) is 0 Å². The second-order valence-corrected chi connectivity index (χ2v) is 4.04. The summed E-state index contributed by atoms with van der Waals surface area (Å²) < 4.78 is 0. The van der Waals surface area contributed by atoms with E-state index in [1.165, 1.54) is 0 Å². The van der Waals surface area contributed by atoms with Crippen LogP contribution in [0.3, 0.4) is 0 Å². The zero-order chi connectivity index (χ0) is 13.0. The van der Waals surface area contributed by atoms with Gasteiger partial charge in [-0.15, -0.1) is 6.58 Å². The summed E-state index contributed by atoms with van der Waals surface area (Å²) in [5.41, 5.74) is 0.780. The molecule has 2 N–H and O–H groups in total. The van der Waals surface area contributed by atoms with Gasteiger partial charge in [0.2, 0.25) is 0 Å². The quantitative estimate of drug-likeness (QED) is 0.791. The Morgan fingerprint density at radius 1 is 1.28 bits per heavy atom. The smallest absolute Gasteiger partial charge is 0.325 e. The molecule has 1 unspecified atom stereocenters. The number of fused-ring (bicyclic) bond motifs is 1. The molecule has 92 valence electrons. The third kappa shape index (κ3) is 2.41. The monoisotopic (exact) mass is 241 g/mol. The van der Waals surface area contributed by atoms with E-state index in [1.54, 1.807) is 6.08 Å². The first-order chi connectivity index (χ1) is 8.74. The topological polar surface area (TPSA) is 49.3 Å². The van der Waals surface area contributed by atoms with Crippen molar-refractivity contribution in [3.05, 3.63) is 60.7 Å². The molecule has 0 saturated carbocycles. The first kappa shape index (κ1) is 12.3. The van der Waals surface area contributed by atoms with E-state index >= 15 is 0 Å². The molecule has 0 bridgehead atoms. The molecule has 2 aromatic rings. The summed E-state index contributed by atoms with van der Waals surface area (Å²) in [6, 6.07) is 12.8. The lowest BCUT2D eigenvalue weighted by Crippen LogP contribution is -2.28. The fourth-order valence-corrected chi connectivity index (χ4v) is 2.03. The highest BCUT2D eigenvalue weighted by Crippen LogP contribution is 2.24. The minimum atomic E-state index is -0.881. The summed E-state index contributed by atoms with van der Waals surface area (Å²) in [4.78, 5) is 11.4. The number of hydrogen-bond acceptors (Lipinski definition) is 2. The molecule has 0 aliphatic carbocycles. The van der Waals surface area contributed by atoms with Gasteiger partial charge in [0.1, 0.15) is 6.04 Å². The van der Waals surface area contributed by atoms with Crippen LogP contribution in [0.15, 0.2) is 55.1 Å². The van der Waals surface area contributed by atoms with E-state index in [0.717, 1.165) is 16.3 Å². The number of carboxylic acids is 1. The van der Waals surface area contributed by atoms with E-state index in [4.69, 9.17) is 0 Å². The molecule has 18 heavy (non-hydrogen) atoms. The first-order valence-corrected chi connectivity index (χ1v) is 5.79. The minimum absolute atomic E-state index is 0.459. The summed E-state index contributed by atoms with van der Waals surface area (Å²) >= 11 is 0. The van der Waals surface area contributed by atoms with Crippen molar-refractivity contribution in [3.63, 3.8) is 0 Å². The van der Waals surface area contributed by atoms with Crippen molar-refractivity contribution in [2.24, 2.45) is 0 Å². The van der Waals surface area contributed by atoms with Crippen LogP contribution in [0.1, 0.15) is 11.6 Å². The van der Waals surface area contributed by atoms with Crippen LogP contribution in [0, 0.1) is 0 Å². The molecule has 3 heteroatoms. The maximum atomic E-state index is 11.4. The number of carboxylic acid groups (broad SMARTS) is 1. The highest BCUT2D eigenvalue weighted by Gasteiger charge is 2.20. The van der Waals surface area contributed by atoms with Gasteiger partial charge in [-0.3, -0.25) is 10.1 Å². The summed E-state index contributed by atoms with van der Waals surface area (Å²) in [5, 5.41) is 14.3. The molecule has 0 aliphatic rings. The van der Waals surface area contributed by atoms with Gasteiger partial charge in [-0.1, -0.05) is 48.5 Å². The van der Waals surface area contributed by atoms with Crippen LogP contribution in [-0.4, -0.2) is 17.6 Å². The first-order valence-electron chi connectivity index (χ1n) is 5.79. The lowest BCUT2D eigenvalue weighted by atomic mass is 9.99. The number of carbonyl (C=O) groups is 1. The van der Waals surface area contributed by atoms with E-state index in [1.807, 2.05) is 42.5 Å². The Morgan fingerprint density at radius 3 is 2.72 bits per heavy atom. The lowest BCUT2D eigenvalue weighted by molar-refractivity contribution is -0.139. The number of hydrogen-bond donors (Lipinski definition) is 2. The van der Waals surface area contributed by atoms with E-state index in [0.29, 0.717) is 6.54 Å². The van der Waals surface area contributed by atoms with E-state index in [9.17, 15) is 9.90 Å². The van der Waals surface area contributed by atoms with Crippen molar-refractivity contribution in [2.45, 2.75) is 6.04 Å². The highest BCUT2D eigenvalue weighted by molar-refractivity contribution is 5.90. The standard InChI is InChI=1S/C15H15NO2/c1-2-10-16-14(15(17)18)13-9-5-7-11-6-3-4-8-12(11)13/h2-9,14,16H,1,10H2,(H,17,18). The van der Waals surface area contributed by atoms with Crippen LogP contribution >= 0.6 is 0 Å². The maximum absolute atomic E-state index is 11.4. The van der Waals surface area contributed by atoms with Crippen molar-refractivity contribution in [2.75, 3.05) is 6.54 Å². The molecule has 1 atom stereocenters. The van der Waals surface area contributed by atoms with Crippen molar-refractivity contribution < 1.29 is 9.90 Å². The maximum Gasteiger partial charge on any atom is 0.325 e. The normalized spacial score (nSPS) is 12.2. The predicted molar refractivity (Wildman–Crippen MR) is 72.5 cm³/mol. The highest BCUT2D eigenvalue weighted by atomic mass is 16.4. The third-order valence-corrected chi connectivity index (χ3v) is 2.85.